The van der Waals surface area contributed by atoms with E-state index < -0.39 is 12.5 Å². The van der Waals surface area contributed by atoms with Crippen molar-refractivity contribution in [2.24, 2.45) is 5.73 Å². The van der Waals surface area contributed by atoms with E-state index in [9.17, 15) is 8.78 Å². The smallest absolute Gasteiger partial charge is 0.257 e. The molecule has 2 N–H and O–H groups in total. The molecular formula is C11H16ClF2NO3. The van der Waals surface area contributed by atoms with Gasteiger partial charge < -0.3 is 19.9 Å². The van der Waals surface area contributed by atoms with Crippen molar-refractivity contribution in [1.29, 1.82) is 0 Å². The minimum Gasteiger partial charge on any atom is -0.496 e. The van der Waals surface area contributed by atoms with E-state index in [4.69, 9.17) is 19.9 Å². The van der Waals surface area contributed by atoms with E-state index in [1.165, 1.54) is 33.5 Å². The minimum atomic E-state index is -2.68. The van der Waals surface area contributed by atoms with E-state index in [1.807, 2.05) is 0 Å². The Hall–Kier alpha value is -1.27. The highest BCUT2D eigenvalue weighted by molar-refractivity contribution is 5.85. The standard InChI is InChI=1S/C11H15F2NO3.ClH/c1-15-7-5-9(17-3)8(16-2)4-6(7)10(14)11(12)13;/h4-5,10-11H,14H2,1-3H3;1H/t10-;/m1./s1. The van der Waals surface area contributed by atoms with Gasteiger partial charge in [-0.25, -0.2) is 8.78 Å². The molecule has 0 radical (unpaired) electrons. The second-order valence-corrected chi connectivity index (χ2v) is 3.31. The molecule has 0 saturated heterocycles. The lowest BCUT2D eigenvalue weighted by Gasteiger charge is -2.17. The van der Waals surface area contributed by atoms with Crippen molar-refractivity contribution >= 4 is 12.4 Å². The summed E-state index contributed by atoms with van der Waals surface area (Å²) < 4.78 is 40.3. The lowest BCUT2D eigenvalue weighted by atomic mass is 10.1. The highest BCUT2D eigenvalue weighted by Gasteiger charge is 2.23. The van der Waals surface area contributed by atoms with Crippen molar-refractivity contribution in [2.45, 2.75) is 12.5 Å². The third kappa shape index (κ3) is 3.36. The predicted octanol–water partition coefficient (Wildman–Crippen LogP) is 2.40. The first-order valence-electron chi connectivity index (χ1n) is 4.88. The molecule has 0 aliphatic heterocycles. The first-order valence-corrected chi connectivity index (χ1v) is 4.88. The van der Waals surface area contributed by atoms with E-state index in [0.29, 0.717) is 11.5 Å². The third-order valence-electron chi connectivity index (χ3n) is 2.37. The molecule has 4 nitrogen and oxygen atoms in total. The number of halogens is 3. The summed E-state index contributed by atoms with van der Waals surface area (Å²) in [6.07, 6.45) is -2.68. The number of alkyl halides is 2. The van der Waals surface area contributed by atoms with Crippen LogP contribution >= 0.6 is 12.4 Å². The highest BCUT2D eigenvalue weighted by atomic mass is 35.5. The summed E-state index contributed by atoms with van der Waals surface area (Å²) in [5.74, 6) is 0.976. The summed E-state index contributed by atoms with van der Waals surface area (Å²) >= 11 is 0. The number of hydrogen-bond acceptors (Lipinski definition) is 4. The number of hydrogen-bond donors (Lipinski definition) is 1. The van der Waals surface area contributed by atoms with Gasteiger partial charge in [-0.1, -0.05) is 0 Å². The van der Waals surface area contributed by atoms with E-state index >= 15 is 0 Å². The Balaban J connectivity index is 0.00000289. The largest absolute Gasteiger partial charge is 0.496 e. The van der Waals surface area contributed by atoms with Crippen molar-refractivity contribution in [3.63, 3.8) is 0 Å². The van der Waals surface area contributed by atoms with Crippen LogP contribution in [0.4, 0.5) is 8.78 Å². The maximum atomic E-state index is 12.6. The Kier molecular flexibility index (Phi) is 6.72. The molecule has 0 heterocycles. The minimum absolute atomic E-state index is 0. The van der Waals surface area contributed by atoms with Gasteiger partial charge in [0, 0.05) is 11.6 Å². The van der Waals surface area contributed by atoms with Gasteiger partial charge in [0.2, 0.25) is 0 Å². The number of rotatable bonds is 5. The quantitative estimate of drug-likeness (QED) is 0.901. The van der Waals surface area contributed by atoms with Gasteiger partial charge in [-0.15, -0.1) is 12.4 Å². The lowest BCUT2D eigenvalue weighted by molar-refractivity contribution is 0.115. The van der Waals surface area contributed by atoms with Gasteiger partial charge >= 0.3 is 0 Å². The summed E-state index contributed by atoms with van der Waals surface area (Å²) in [6.45, 7) is 0. The zero-order valence-electron chi connectivity index (χ0n) is 10.3. The van der Waals surface area contributed by atoms with Crippen molar-refractivity contribution in [3.05, 3.63) is 17.7 Å². The first-order chi connectivity index (χ1) is 8.04. The number of nitrogens with two attached hydrogens (primary N) is 1. The zero-order chi connectivity index (χ0) is 13.0. The predicted molar refractivity (Wildman–Crippen MR) is 66.3 cm³/mol. The van der Waals surface area contributed by atoms with E-state index in [2.05, 4.69) is 0 Å². The molecule has 1 aromatic rings. The van der Waals surface area contributed by atoms with Gasteiger partial charge in [-0.05, 0) is 6.07 Å². The molecule has 0 fully saturated rings. The van der Waals surface area contributed by atoms with Crippen LogP contribution in [0.25, 0.3) is 0 Å². The molecule has 104 valence electrons. The highest BCUT2D eigenvalue weighted by Crippen LogP contribution is 2.38. The van der Waals surface area contributed by atoms with Gasteiger partial charge in [0.15, 0.2) is 11.5 Å². The fraction of sp³-hybridized carbons (Fsp3) is 0.455. The average Bonchev–Trinajstić information content (AvgIpc) is 2.35. The average molecular weight is 284 g/mol. The maximum absolute atomic E-state index is 12.6. The van der Waals surface area contributed by atoms with Crippen molar-refractivity contribution < 1.29 is 23.0 Å². The van der Waals surface area contributed by atoms with Gasteiger partial charge in [0.05, 0.1) is 27.4 Å². The van der Waals surface area contributed by atoms with Crippen molar-refractivity contribution in [2.75, 3.05) is 21.3 Å². The second-order valence-electron chi connectivity index (χ2n) is 3.31. The molecule has 0 amide bonds. The van der Waals surface area contributed by atoms with E-state index in [1.54, 1.807) is 0 Å². The summed E-state index contributed by atoms with van der Waals surface area (Å²) in [6, 6.07) is 1.44. The van der Waals surface area contributed by atoms with Crippen LogP contribution in [0.1, 0.15) is 11.6 Å². The molecule has 0 saturated carbocycles. The summed E-state index contributed by atoms with van der Waals surface area (Å²) in [5, 5.41) is 0. The lowest BCUT2D eigenvalue weighted by Crippen LogP contribution is -2.19. The molecule has 0 spiro atoms. The Morgan fingerprint density at radius 2 is 1.39 bits per heavy atom. The molecule has 0 aliphatic carbocycles. The van der Waals surface area contributed by atoms with Crippen LogP contribution in [0.15, 0.2) is 12.1 Å². The molecule has 1 aromatic carbocycles. The van der Waals surface area contributed by atoms with Gasteiger partial charge in [-0.3, -0.25) is 0 Å². The Morgan fingerprint density at radius 1 is 0.944 bits per heavy atom. The monoisotopic (exact) mass is 283 g/mol. The van der Waals surface area contributed by atoms with Gasteiger partial charge in [-0.2, -0.15) is 0 Å². The topological polar surface area (TPSA) is 53.7 Å². The first kappa shape index (κ1) is 16.7. The molecule has 7 heteroatoms. The molecular weight excluding hydrogens is 268 g/mol. The van der Waals surface area contributed by atoms with E-state index in [-0.39, 0.29) is 23.7 Å². The summed E-state index contributed by atoms with van der Waals surface area (Å²) in [7, 11) is 4.24. The zero-order valence-corrected chi connectivity index (χ0v) is 11.1. The van der Waals surface area contributed by atoms with Crippen LogP contribution < -0.4 is 19.9 Å². The fourth-order valence-electron chi connectivity index (χ4n) is 1.45. The van der Waals surface area contributed by atoms with Crippen LogP contribution in [0, 0.1) is 0 Å². The number of ether oxygens (including phenoxy) is 3. The van der Waals surface area contributed by atoms with Crippen LogP contribution in [-0.2, 0) is 0 Å². The maximum Gasteiger partial charge on any atom is 0.257 e. The van der Waals surface area contributed by atoms with Crippen LogP contribution in [0.5, 0.6) is 17.2 Å². The normalized spacial score (nSPS) is 11.7. The van der Waals surface area contributed by atoms with Gasteiger partial charge in [0.1, 0.15) is 5.75 Å². The van der Waals surface area contributed by atoms with Crippen LogP contribution in [0.3, 0.4) is 0 Å². The van der Waals surface area contributed by atoms with Crippen molar-refractivity contribution in [1.82, 2.24) is 0 Å². The summed E-state index contributed by atoms with van der Waals surface area (Å²) in [4.78, 5) is 0. The second kappa shape index (κ2) is 7.23. The van der Waals surface area contributed by atoms with E-state index in [0.717, 1.165) is 0 Å². The Bertz CT molecular complexity index is 391. The number of benzene rings is 1. The molecule has 18 heavy (non-hydrogen) atoms. The molecule has 1 atom stereocenters. The van der Waals surface area contributed by atoms with Crippen molar-refractivity contribution in [3.8, 4) is 17.2 Å². The third-order valence-corrected chi connectivity index (χ3v) is 2.37. The molecule has 0 bridgehead atoms. The molecule has 0 unspecified atom stereocenters. The Morgan fingerprint density at radius 3 is 1.78 bits per heavy atom. The van der Waals surface area contributed by atoms with Crippen LogP contribution in [-0.4, -0.2) is 27.8 Å². The number of methoxy groups -OCH3 is 3. The Labute approximate surface area is 110 Å². The fourth-order valence-corrected chi connectivity index (χ4v) is 1.45. The van der Waals surface area contributed by atoms with Gasteiger partial charge in [0.25, 0.3) is 6.43 Å². The molecule has 1 rings (SSSR count). The molecule has 0 aromatic heterocycles. The summed E-state index contributed by atoms with van der Waals surface area (Å²) in [5.41, 5.74) is 5.58. The van der Waals surface area contributed by atoms with Crippen LogP contribution in [0.2, 0.25) is 0 Å². The molecule has 0 aliphatic rings. The SMILES string of the molecule is COc1cc(OC)c([C@@H](N)C(F)F)cc1OC.Cl.